The van der Waals surface area contributed by atoms with Gasteiger partial charge >= 0.3 is 29.0 Å². The van der Waals surface area contributed by atoms with Gasteiger partial charge in [-0.15, -0.1) is 6.58 Å². The molecule has 0 aliphatic carbocycles. The van der Waals surface area contributed by atoms with Crippen LogP contribution in [-0.4, -0.2) is 61.6 Å². The summed E-state index contributed by atoms with van der Waals surface area (Å²) in [5, 5.41) is 9.35. The summed E-state index contributed by atoms with van der Waals surface area (Å²) in [5.74, 6) is -0.0975. The lowest BCUT2D eigenvalue weighted by Crippen LogP contribution is -2.54. The molecule has 34 heavy (non-hydrogen) atoms. The lowest BCUT2D eigenvalue weighted by Gasteiger charge is -2.15. The molecule has 0 saturated heterocycles. The van der Waals surface area contributed by atoms with Gasteiger partial charge in [0.05, 0.1) is 32.1 Å². The zero-order valence-electron chi connectivity index (χ0n) is 19.8. The third-order valence-corrected chi connectivity index (χ3v) is 7.01. The molecular formula is C21H33N3O8S2. The molecule has 0 aliphatic rings. The van der Waals surface area contributed by atoms with E-state index in [4.69, 9.17) is 9.47 Å². The highest BCUT2D eigenvalue weighted by molar-refractivity contribution is 8.76. The van der Waals surface area contributed by atoms with Gasteiger partial charge in [-0.2, -0.15) is 0 Å². The SMILES string of the molecule is C=CCn1c(=O)n(C)c(=O)n(CC(C)COC(=O)CCSSCCC(=O)OCC(O)CC)c1=O. The van der Waals surface area contributed by atoms with Crippen molar-refractivity contribution in [3.8, 4) is 0 Å². The van der Waals surface area contributed by atoms with Gasteiger partial charge < -0.3 is 14.6 Å². The second kappa shape index (κ2) is 15.6. The van der Waals surface area contributed by atoms with E-state index in [0.29, 0.717) is 17.9 Å². The third kappa shape index (κ3) is 9.94. The van der Waals surface area contributed by atoms with Gasteiger partial charge in [-0.25, -0.2) is 28.1 Å². The second-order valence-electron chi connectivity index (χ2n) is 7.59. The summed E-state index contributed by atoms with van der Waals surface area (Å²) in [4.78, 5) is 60.4. The molecule has 0 spiro atoms. The van der Waals surface area contributed by atoms with Crippen molar-refractivity contribution < 1.29 is 24.2 Å². The Labute approximate surface area is 205 Å². The average molecular weight is 520 g/mol. The maximum atomic E-state index is 12.5. The monoisotopic (exact) mass is 519 g/mol. The van der Waals surface area contributed by atoms with E-state index in [2.05, 4.69) is 6.58 Å². The molecule has 0 radical (unpaired) electrons. The van der Waals surface area contributed by atoms with Gasteiger partial charge in [-0.05, 0) is 6.42 Å². The lowest BCUT2D eigenvalue weighted by molar-refractivity contribution is -0.146. The summed E-state index contributed by atoms with van der Waals surface area (Å²) in [7, 11) is 4.16. The summed E-state index contributed by atoms with van der Waals surface area (Å²) >= 11 is 0. The highest BCUT2D eigenvalue weighted by atomic mass is 33.1. The Morgan fingerprint density at radius 1 is 1.00 bits per heavy atom. The highest BCUT2D eigenvalue weighted by Crippen LogP contribution is 2.23. The molecule has 0 aromatic carbocycles. The van der Waals surface area contributed by atoms with Crippen molar-refractivity contribution in [2.45, 2.75) is 52.3 Å². The number of hydrogen-bond acceptors (Lipinski definition) is 10. The van der Waals surface area contributed by atoms with Crippen molar-refractivity contribution in [3.05, 3.63) is 44.1 Å². The Morgan fingerprint density at radius 3 is 2.06 bits per heavy atom. The Balaban J connectivity index is 2.36. The van der Waals surface area contributed by atoms with Crippen LogP contribution < -0.4 is 17.1 Å². The van der Waals surface area contributed by atoms with Crippen LogP contribution in [0.4, 0.5) is 0 Å². The van der Waals surface area contributed by atoms with Gasteiger partial charge in [0.1, 0.15) is 6.61 Å². The molecule has 1 rings (SSSR count). The zero-order valence-corrected chi connectivity index (χ0v) is 21.4. The molecule has 0 bridgehead atoms. The zero-order chi connectivity index (χ0) is 25.7. The van der Waals surface area contributed by atoms with Crippen LogP contribution in [0.2, 0.25) is 0 Å². The number of ether oxygens (including phenoxy) is 2. The first-order valence-electron chi connectivity index (χ1n) is 10.9. The van der Waals surface area contributed by atoms with Crippen molar-refractivity contribution in [2.24, 2.45) is 13.0 Å². The number of carbonyl (C=O) groups excluding carboxylic acids is 2. The summed E-state index contributed by atoms with van der Waals surface area (Å²) < 4.78 is 12.9. The van der Waals surface area contributed by atoms with Gasteiger partial charge in [0, 0.05) is 31.0 Å². The van der Waals surface area contributed by atoms with Crippen LogP contribution in [0.25, 0.3) is 0 Å². The summed E-state index contributed by atoms with van der Waals surface area (Å²) in [5.41, 5.74) is -2.18. The minimum atomic E-state index is -0.731. The molecule has 0 saturated carbocycles. The Kier molecular flexibility index (Phi) is 13.7. The van der Waals surface area contributed by atoms with E-state index >= 15 is 0 Å². The molecule has 1 heterocycles. The molecule has 11 nitrogen and oxygen atoms in total. The predicted octanol–water partition coefficient (Wildman–Crippen LogP) is 0.550. The topological polar surface area (TPSA) is 139 Å². The molecule has 1 aromatic heterocycles. The largest absolute Gasteiger partial charge is 0.465 e. The van der Waals surface area contributed by atoms with Crippen LogP contribution in [0.15, 0.2) is 27.0 Å². The number of esters is 2. The van der Waals surface area contributed by atoms with E-state index < -0.39 is 29.1 Å². The van der Waals surface area contributed by atoms with Crippen LogP contribution in [0.1, 0.15) is 33.1 Å². The van der Waals surface area contributed by atoms with E-state index in [-0.39, 0.29) is 51.0 Å². The second-order valence-corrected chi connectivity index (χ2v) is 10.3. The fraction of sp³-hybridized carbons (Fsp3) is 0.667. The van der Waals surface area contributed by atoms with Gasteiger partial charge in [0.2, 0.25) is 0 Å². The molecule has 13 heteroatoms. The third-order valence-electron chi connectivity index (χ3n) is 4.60. The maximum Gasteiger partial charge on any atom is 0.336 e. The van der Waals surface area contributed by atoms with Crippen molar-refractivity contribution >= 4 is 33.5 Å². The molecule has 192 valence electrons. The van der Waals surface area contributed by atoms with Crippen LogP contribution in [0.3, 0.4) is 0 Å². The van der Waals surface area contributed by atoms with Crippen LogP contribution in [0, 0.1) is 5.92 Å². The predicted molar refractivity (Wildman–Crippen MR) is 132 cm³/mol. The van der Waals surface area contributed by atoms with Gasteiger partial charge in [0.15, 0.2) is 0 Å². The lowest BCUT2D eigenvalue weighted by atomic mass is 10.2. The average Bonchev–Trinajstić information content (AvgIpc) is 2.82. The minimum absolute atomic E-state index is 0.000604. The van der Waals surface area contributed by atoms with Crippen molar-refractivity contribution in [1.29, 1.82) is 0 Å². The normalized spacial score (nSPS) is 12.7. The van der Waals surface area contributed by atoms with E-state index in [1.807, 2.05) is 0 Å². The van der Waals surface area contributed by atoms with E-state index in [1.165, 1.54) is 34.7 Å². The fourth-order valence-electron chi connectivity index (χ4n) is 2.61. The molecule has 0 amide bonds. The number of allylic oxidation sites excluding steroid dienone is 1. The molecule has 1 aromatic rings. The van der Waals surface area contributed by atoms with Crippen molar-refractivity contribution in [3.63, 3.8) is 0 Å². The molecule has 0 fully saturated rings. The summed E-state index contributed by atoms with van der Waals surface area (Å²) in [6, 6.07) is 0. The van der Waals surface area contributed by atoms with E-state index in [1.54, 1.807) is 13.8 Å². The number of carbonyl (C=O) groups is 2. The Bertz CT molecular complexity index is 1000. The van der Waals surface area contributed by atoms with Gasteiger partial charge in [0.25, 0.3) is 0 Å². The number of aliphatic hydroxyl groups is 1. The standard InChI is InChI=1S/C21H33N3O8S2/c1-5-9-23-19(28)22(4)20(29)24(21(23)30)12-15(3)13-31-17(26)7-10-33-34-11-8-18(27)32-14-16(25)6-2/h5,15-16,25H,1,6-14H2,2-4H3. The van der Waals surface area contributed by atoms with Crippen LogP contribution in [-0.2, 0) is 39.2 Å². The maximum absolute atomic E-state index is 12.5. The van der Waals surface area contributed by atoms with Gasteiger partial charge in [-0.1, -0.05) is 41.5 Å². The molecule has 1 N–H and O–H groups in total. The van der Waals surface area contributed by atoms with E-state index in [9.17, 15) is 29.1 Å². The number of aliphatic hydroxyl groups excluding tert-OH is 1. The molecule has 2 atom stereocenters. The quantitative estimate of drug-likeness (QED) is 0.143. The van der Waals surface area contributed by atoms with Crippen molar-refractivity contribution in [1.82, 2.24) is 13.7 Å². The van der Waals surface area contributed by atoms with Gasteiger partial charge in [-0.3, -0.25) is 9.59 Å². The first-order valence-corrected chi connectivity index (χ1v) is 13.4. The van der Waals surface area contributed by atoms with Crippen LogP contribution >= 0.6 is 21.6 Å². The van der Waals surface area contributed by atoms with E-state index in [0.717, 1.165) is 13.7 Å². The van der Waals surface area contributed by atoms with Crippen molar-refractivity contribution in [2.75, 3.05) is 24.7 Å². The van der Waals surface area contributed by atoms with Crippen LogP contribution in [0.5, 0.6) is 0 Å². The number of nitrogens with zero attached hydrogens (tertiary/aromatic N) is 3. The summed E-state index contributed by atoms with van der Waals surface area (Å²) in [6.07, 6.45) is 1.66. The molecule has 2 unspecified atom stereocenters. The minimum Gasteiger partial charge on any atom is -0.465 e. The first-order chi connectivity index (χ1) is 16.1. The Hall–Kier alpha value is -2.25. The Morgan fingerprint density at radius 2 is 1.53 bits per heavy atom. The smallest absolute Gasteiger partial charge is 0.336 e. The first kappa shape index (κ1) is 29.8. The molecule has 0 aliphatic heterocycles. The highest BCUT2D eigenvalue weighted by Gasteiger charge is 2.16. The number of aromatic nitrogens is 3. The number of hydrogen-bond donors (Lipinski definition) is 1. The fourth-order valence-corrected chi connectivity index (χ4v) is 4.56. The number of rotatable bonds is 16. The molecular weight excluding hydrogens is 486 g/mol. The summed E-state index contributed by atoms with van der Waals surface area (Å²) in [6.45, 7) is 7.02.